The minimum absolute atomic E-state index is 0.396. The molecule has 2 fully saturated rings. The third kappa shape index (κ3) is 1.56. The van der Waals surface area contributed by atoms with Crippen LogP contribution in [-0.2, 0) is 9.84 Å². The van der Waals surface area contributed by atoms with Crippen LogP contribution in [0.5, 0.6) is 0 Å². The lowest BCUT2D eigenvalue weighted by Crippen LogP contribution is -2.46. The zero-order valence-corrected chi connectivity index (χ0v) is 7.23. The molecule has 0 radical (unpaired) electrons. The highest BCUT2D eigenvalue weighted by atomic mass is 32.2. The van der Waals surface area contributed by atoms with Crippen LogP contribution in [-0.4, -0.2) is 33.0 Å². The summed E-state index contributed by atoms with van der Waals surface area (Å²) in [6, 6.07) is 0. The first-order valence-electron chi connectivity index (χ1n) is 4.07. The summed E-state index contributed by atoms with van der Waals surface area (Å²) in [5, 5.41) is 3.26. The fourth-order valence-corrected chi connectivity index (χ4v) is 4.25. The summed E-state index contributed by atoms with van der Waals surface area (Å²) < 4.78 is 22.5. The molecule has 0 amide bonds. The zero-order chi connectivity index (χ0) is 7.90. The molecule has 0 spiro atoms. The molecular weight excluding hydrogens is 162 g/mol. The molecule has 0 saturated carbocycles. The lowest BCUT2D eigenvalue weighted by Gasteiger charge is -2.34. The van der Waals surface area contributed by atoms with Gasteiger partial charge in [0.2, 0.25) is 0 Å². The molecule has 2 heterocycles. The first-order valence-corrected chi connectivity index (χ1v) is 5.89. The maximum absolute atomic E-state index is 11.2. The van der Waals surface area contributed by atoms with Crippen LogP contribution in [0.15, 0.2) is 0 Å². The van der Waals surface area contributed by atoms with E-state index in [-0.39, 0.29) is 0 Å². The molecule has 2 bridgehead atoms. The van der Waals surface area contributed by atoms with Crippen LogP contribution in [0.1, 0.15) is 6.42 Å². The van der Waals surface area contributed by atoms with E-state index < -0.39 is 9.84 Å². The summed E-state index contributed by atoms with van der Waals surface area (Å²) in [7, 11) is -2.68. The van der Waals surface area contributed by atoms with Crippen molar-refractivity contribution in [1.29, 1.82) is 0 Å². The lowest BCUT2D eigenvalue weighted by atomic mass is 9.93. The minimum Gasteiger partial charge on any atom is -0.316 e. The van der Waals surface area contributed by atoms with Gasteiger partial charge in [-0.15, -0.1) is 0 Å². The van der Waals surface area contributed by atoms with Gasteiger partial charge in [-0.2, -0.15) is 0 Å². The van der Waals surface area contributed by atoms with Crippen LogP contribution in [0.25, 0.3) is 0 Å². The van der Waals surface area contributed by atoms with E-state index in [0.29, 0.717) is 23.3 Å². The molecule has 4 heteroatoms. The van der Waals surface area contributed by atoms with E-state index in [0.717, 1.165) is 19.5 Å². The summed E-state index contributed by atoms with van der Waals surface area (Å²) in [5.74, 6) is 1.62. The van der Waals surface area contributed by atoms with E-state index in [1.807, 2.05) is 0 Å². The van der Waals surface area contributed by atoms with Gasteiger partial charge in [-0.05, 0) is 31.3 Å². The molecule has 0 aromatic carbocycles. The van der Waals surface area contributed by atoms with E-state index in [1.54, 1.807) is 0 Å². The largest absolute Gasteiger partial charge is 0.316 e. The molecule has 64 valence electrons. The van der Waals surface area contributed by atoms with Crippen molar-refractivity contribution in [3.05, 3.63) is 0 Å². The van der Waals surface area contributed by atoms with Gasteiger partial charge in [0.15, 0.2) is 9.84 Å². The van der Waals surface area contributed by atoms with Gasteiger partial charge >= 0.3 is 0 Å². The third-order valence-electron chi connectivity index (χ3n) is 2.51. The second-order valence-corrected chi connectivity index (χ2v) is 5.86. The Morgan fingerprint density at radius 1 is 1.09 bits per heavy atom. The number of fused-ring (bicyclic) bond motifs is 2. The summed E-state index contributed by atoms with van der Waals surface area (Å²) in [6.07, 6.45) is 1.12. The molecule has 0 aromatic rings. The molecule has 2 aliphatic rings. The quantitative estimate of drug-likeness (QED) is 0.547. The van der Waals surface area contributed by atoms with Gasteiger partial charge in [-0.25, -0.2) is 8.42 Å². The number of nitrogens with one attached hydrogen (secondary N) is 1. The fourth-order valence-electron chi connectivity index (χ4n) is 2.17. The Hall–Kier alpha value is -0.0900. The van der Waals surface area contributed by atoms with Gasteiger partial charge in [0, 0.05) is 0 Å². The Balaban J connectivity index is 2.18. The number of sulfone groups is 1. The van der Waals surface area contributed by atoms with Crippen LogP contribution >= 0.6 is 0 Å². The van der Waals surface area contributed by atoms with Crippen LogP contribution < -0.4 is 5.32 Å². The summed E-state index contributed by atoms with van der Waals surface area (Å²) in [6.45, 7) is 1.80. The van der Waals surface area contributed by atoms with Gasteiger partial charge in [-0.1, -0.05) is 0 Å². The van der Waals surface area contributed by atoms with E-state index in [9.17, 15) is 8.42 Å². The Bertz CT molecular complexity index is 229. The number of piperidine rings is 1. The monoisotopic (exact) mass is 175 g/mol. The molecule has 2 aliphatic heterocycles. The molecule has 2 saturated heterocycles. The number of rotatable bonds is 0. The Morgan fingerprint density at radius 2 is 1.64 bits per heavy atom. The Labute approximate surface area is 67.1 Å². The molecule has 3 nitrogen and oxygen atoms in total. The maximum atomic E-state index is 11.2. The topological polar surface area (TPSA) is 46.2 Å². The molecule has 2 rings (SSSR count). The third-order valence-corrected chi connectivity index (χ3v) is 4.47. The van der Waals surface area contributed by atoms with Crippen molar-refractivity contribution in [3.63, 3.8) is 0 Å². The highest BCUT2D eigenvalue weighted by Gasteiger charge is 2.34. The summed E-state index contributed by atoms with van der Waals surface area (Å²) in [5.41, 5.74) is 0. The standard InChI is InChI=1S/C7H13NO2S/c9-11(10)4-6-1-7(5-11)3-8-2-6/h6-8H,1-5H2. The van der Waals surface area contributed by atoms with Gasteiger partial charge in [0.1, 0.15) is 0 Å². The first kappa shape index (κ1) is 7.55. The number of hydrogen-bond acceptors (Lipinski definition) is 3. The van der Waals surface area contributed by atoms with Crippen LogP contribution in [0.4, 0.5) is 0 Å². The van der Waals surface area contributed by atoms with Gasteiger partial charge in [0.05, 0.1) is 11.5 Å². The van der Waals surface area contributed by atoms with E-state index in [4.69, 9.17) is 0 Å². The summed E-state index contributed by atoms with van der Waals surface area (Å²) >= 11 is 0. The van der Waals surface area contributed by atoms with Gasteiger partial charge in [0.25, 0.3) is 0 Å². The summed E-state index contributed by atoms with van der Waals surface area (Å²) in [4.78, 5) is 0. The van der Waals surface area contributed by atoms with Gasteiger partial charge in [-0.3, -0.25) is 0 Å². The Kier molecular flexibility index (Phi) is 1.68. The van der Waals surface area contributed by atoms with E-state index in [1.165, 1.54) is 0 Å². The molecular formula is C7H13NO2S. The van der Waals surface area contributed by atoms with Crippen molar-refractivity contribution in [3.8, 4) is 0 Å². The SMILES string of the molecule is O=S1(=O)CC2CNCC(C2)C1. The predicted molar refractivity (Wildman–Crippen MR) is 43.1 cm³/mol. The van der Waals surface area contributed by atoms with Crippen molar-refractivity contribution >= 4 is 9.84 Å². The molecule has 2 atom stereocenters. The Morgan fingerprint density at radius 3 is 2.18 bits per heavy atom. The molecule has 11 heavy (non-hydrogen) atoms. The predicted octanol–water partition coefficient (Wildman–Crippen LogP) is -0.360. The lowest BCUT2D eigenvalue weighted by molar-refractivity contribution is 0.307. The van der Waals surface area contributed by atoms with Gasteiger partial charge < -0.3 is 5.32 Å². The van der Waals surface area contributed by atoms with Crippen molar-refractivity contribution in [2.24, 2.45) is 11.8 Å². The fraction of sp³-hybridized carbons (Fsp3) is 1.00. The second kappa shape index (κ2) is 2.45. The number of hydrogen-bond donors (Lipinski definition) is 1. The van der Waals surface area contributed by atoms with Crippen molar-refractivity contribution in [2.45, 2.75) is 6.42 Å². The zero-order valence-electron chi connectivity index (χ0n) is 6.41. The molecule has 0 aliphatic carbocycles. The molecule has 1 N–H and O–H groups in total. The highest BCUT2D eigenvalue weighted by Crippen LogP contribution is 2.25. The van der Waals surface area contributed by atoms with Crippen LogP contribution in [0.3, 0.4) is 0 Å². The highest BCUT2D eigenvalue weighted by molar-refractivity contribution is 7.91. The van der Waals surface area contributed by atoms with Crippen LogP contribution in [0.2, 0.25) is 0 Å². The van der Waals surface area contributed by atoms with Crippen molar-refractivity contribution < 1.29 is 8.42 Å². The van der Waals surface area contributed by atoms with Crippen LogP contribution in [0, 0.1) is 11.8 Å². The molecule has 0 aromatic heterocycles. The van der Waals surface area contributed by atoms with Crippen molar-refractivity contribution in [1.82, 2.24) is 5.32 Å². The average Bonchev–Trinajstić information content (AvgIpc) is 1.82. The average molecular weight is 175 g/mol. The van der Waals surface area contributed by atoms with E-state index in [2.05, 4.69) is 5.32 Å². The first-order chi connectivity index (χ1) is 5.16. The van der Waals surface area contributed by atoms with Crippen molar-refractivity contribution in [2.75, 3.05) is 24.6 Å². The second-order valence-electron chi connectivity index (χ2n) is 3.70. The molecule has 2 unspecified atom stereocenters. The normalized spacial score (nSPS) is 41.8. The van der Waals surface area contributed by atoms with E-state index >= 15 is 0 Å². The smallest absolute Gasteiger partial charge is 0.150 e. The minimum atomic E-state index is -2.68. The maximum Gasteiger partial charge on any atom is 0.150 e.